The van der Waals surface area contributed by atoms with Crippen LogP contribution in [-0.2, 0) is 0 Å². The van der Waals surface area contributed by atoms with Crippen molar-refractivity contribution in [2.24, 2.45) is 11.7 Å². The van der Waals surface area contributed by atoms with Crippen LogP contribution < -0.4 is 15.4 Å². The van der Waals surface area contributed by atoms with Crippen molar-refractivity contribution >= 4 is 5.95 Å². The first-order valence-electron chi connectivity index (χ1n) is 6.97. The lowest BCUT2D eigenvalue weighted by molar-refractivity contribution is 0.240. The van der Waals surface area contributed by atoms with Crippen molar-refractivity contribution in [1.82, 2.24) is 9.97 Å². The van der Waals surface area contributed by atoms with Crippen LogP contribution in [0.2, 0.25) is 0 Å². The van der Waals surface area contributed by atoms with Gasteiger partial charge in [-0.25, -0.2) is 4.98 Å². The molecule has 0 bridgehead atoms. The molecular formula is C14H24N4O. The van der Waals surface area contributed by atoms with Gasteiger partial charge in [0, 0.05) is 24.8 Å². The molecule has 2 N–H and O–H groups in total. The SMILES string of the molecule is CCCOc1cc(C)nc(N2CC(N)(C(C)C)C2)n1. The Morgan fingerprint density at radius 2 is 2.11 bits per heavy atom. The summed E-state index contributed by atoms with van der Waals surface area (Å²) in [5.41, 5.74) is 7.11. The zero-order valence-electron chi connectivity index (χ0n) is 12.3. The Morgan fingerprint density at radius 1 is 1.42 bits per heavy atom. The van der Waals surface area contributed by atoms with Crippen LogP contribution in [0.3, 0.4) is 0 Å². The summed E-state index contributed by atoms with van der Waals surface area (Å²) >= 11 is 0. The number of aryl methyl sites for hydroxylation is 1. The van der Waals surface area contributed by atoms with E-state index in [1.807, 2.05) is 13.0 Å². The first-order valence-corrected chi connectivity index (χ1v) is 6.97. The number of aromatic nitrogens is 2. The van der Waals surface area contributed by atoms with Crippen LogP contribution in [0, 0.1) is 12.8 Å². The molecule has 1 aromatic heterocycles. The van der Waals surface area contributed by atoms with Gasteiger partial charge in [0.15, 0.2) is 0 Å². The van der Waals surface area contributed by atoms with E-state index in [-0.39, 0.29) is 5.54 Å². The number of nitrogens with two attached hydrogens (primary N) is 1. The fourth-order valence-electron chi connectivity index (χ4n) is 2.12. The van der Waals surface area contributed by atoms with Gasteiger partial charge in [-0.15, -0.1) is 0 Å². The minimum absolute atomic E-state index is 0.114. The van der Waals surface area contributed by atoms with Gasteiger partial charge in [-0.1, -0.05) is 20.8 Å². The first-order chi connectivity index (χ1) is 8.94. The molecule has 0 unspecified atom stereocenters. The molecule has 5 heteroatoms. The Bertz CT molecular complexity index is 441. The van der Waals surface area contributed by atoms with Crippen LogP contribution in [0.4, 0.5) is 5.95 Å². The quantitative estimate of drug-likeness (QED) is 0.877. The Kier molecular flexibility index (Phi) is 3.94. The lowest BCUT2D eigenvalue weighted by Gasteiger charge is -2.50. The summed E-state index contributed by atoms with van der Waals surface area (Å²) in [6.45, 7) is 10.7. The molecule has 5 nitrogen and oxygen atoms in total. The number of hydrogen-bond acceptors (Lipinski definition) is 5. The molecule has 0 aromatic carbocycles. The Balaban J connectivity index is 2.07. The summed E-state index contributed by atoms with van der Waals surface area (Å²) in [6.07, 6.45) is 0.974. The van der Waals surface area contributed by atoms with Crippen molar-refractivity contribution in [3.63, 3.8) is 0 Å². The average molecular weight is 264 g/mol. The molecule has 1 saturated heterocycles. The normalized spacial score (nSPS) is 17.5. The maximum Gasteiger partial charge on any atom is 0.228 e. The number of rotatable bonds is 5. The van der Waals surface area contributed by atoms with Crippen LogP contribution in [0.25, 0.3) is 0 Å². The van der Waals surface area contributed by atoms with E-state index in [0.717, 1.165) is 31.2 Å². The van der Waals surface area contributed by atoms with Gasteiger partial charge in [-0.05, 0) is 19.3 Å². The molecule has 19 heavy (non-hydrogen) atoms. The monoisotopic (exact) mass is 264 g/mol. The second-order valence-electron chi connectivity index (χ2n) is 5.74. The molecule has 1 aromatic rings. The van der Waals surface area contributed by atoms with Crippen molar-refractivity contribution in [3.8, 4) is 5.88 Å². The molecule has 2 heterocycles. The van der Waals surface area contributed by atoms with E-state index in [2.05, 4.69) is 35.6 Å². The van der Waals surface area contributed by atoms with Gasteiger partial charge in [0.1, 0.15) is 0 Å². The highest BCUT2D eigenvalue weighted by Gasteiger charge is 2.43. The summed E-state index contributed by atoms with van der Waals surface area (Å²) < 4.78 is 5.59. The van der Waals surface area contributed by atoms with Crippen LogP contribution in [0.1, 0.15) is 32.9 Å². The van der Waals surface area contributed by atoms with Crippen LogP contribution >= 0.6 is 0 Å². The number of hydrogen-bond donors (Lipinski definition) is 1. The molecule has 2 rings (SSSR count). The summed E-state index contributed by atoms with van der Waals surface area (Å²) in [6, 6.07) is 1.87. The van der Waals surface area contributed by atoms with E-state index in [9.17, 15) is 0 Å². The van der Waals surface area contributed by atoms with Gasteiger partial charge in [0.25, 0.3) is 0 Å². The molecule has 1 fully saturated rings. The van der Waals surface area contributed by atoms with Crippen molar-refractivity contribution in [2.45, 2.75) is 39.7 Å². The Morgan fingerprint density at radius 3 is 2.68 bits per heavy atom. The van der Waals surface area contributed by atoms with E-state index < -0.39 is 0 Å². The largest absolute Gasteiger partial charge is 0.478 e. The zero-order valence-corrected chi connectivity index (χ0v) is 12.3. The molecule has 0 saturated carbocycles. The molecule has 0 amide bonds. The summed E-state index contributed by atoms with van der Waals surface area (Å²) in [5.74, 6) is 1.85. The van der Waals surface area contributed by atoms with Gasteiger partial charge in [0.2, 0.25) is 11.8 Å². The van der Waals surface area contributed by atoms with Crippen molar-refractivity contribution in [3.05, 3.63) is 11.8 Å². The second kappa shape index (κ2) is 5.33. The molecule has 0 aliphatic carbocycles. The summed E-state index contributed by atoms with van der Waals surface area (Å²) in [7, 11) is 0. The Hall–Kier alpha value is -1.36. The van der Waals surface area contributed by atoms with Crippen LogP contribution in [0.15, 0.2) is 6.07 Å². The van der Waals surface area contributed by atoms with E-state index in [1.165, 1.54) is 0 Å². The van der Waals surface area contributed by atoms with Gasteiger partial charge < -0.3 is 15.4 Å². The fourth-order valence-corrected chi connectivity index (χ4v) is 2.12. The number of anilines is 1. The van der Waals surface area contributed by atoms with E-state index in [1.54, 1.807) is 0 Å². The lowest BCUT2D eigenvalue weighted by atomic mass is 9.80. The van der Waals surface area contributed by atoms with Crippen molar-refractivity contribution in [1.29, 1.82) is 0 Å². The number of ether oxygens (including phenoxy) is 1. The second-order valence-corrected chi connectivity index (χ2v) is 5.74. The van der Waals surface area contributed by atoms with Crippen molar-refractivity contribution < 1.29 is 4.74 Å². The van der Waals surface area contributed by atoms with Crippen LogP contribution in [0.5, 0.6) is 5.88 Å². The predicted molar refractivity (Wildman–Crippen MR) is 76.5 cm³/mol. The molecule has 1 aliphatic rings. The predicted octanol–water partition coefficient (Wildman–Crippen LogP) is 1.75. The molecular weight excluding hydrogens is 240 g/mol. The minimum Gasteiger partial charge on any atom is -0.478 e. The molecule has 0 spiro atoms. The summed E-state index contributed by atoms with van der Waals surface area (Å²) in [5, 5.41) is 0. The summed E-state index contributed by atoms with van der Waals surface area (Å²) in [4.78, 5) is 11.0. The third-order valence-electron chi connectivity index (χ3n) is 3.68. The third kappa shape index (κ3) is 2.97. The van der Waals surface area contributed by atoms with Gasteiger partial charge >= 0.3 is 0 Å². The zero-order chi connectivity index (χ0) is 14.0. The Labute approximate surface area is 115 Å². The lowest BCUT2D eigenvalue weighted by Crippen LogP contribution is -2.70. The topological polar surface area (TPSA) is 64.3 Å². The van der Waals surface area contributed by atoms with E-state index >= 15 is 0 Å². The van der Waals surface area contributed by atoms with Crippen LogP contribution in [-0.4, -0.2) is 35.2 Å². The fraction of sp³-hybridized carbons (Fsp3) is 0.714. The number of nitrogens with zero attached hydrogens (tertiary/aromatic N) is 3. The molecule has 1 aliphatic heterocycles. The van der Waals surface area contributed by atoms with Gasteiger partial charge in [-0.3, -0.25) is 0 Å². The van der Waals surface area contributed by atoms with Crippen molar-refractivity contribution in [2.75, 3.05) is 24.6 Å². The standard InChI is InChI=1S/C14H24N4O/c1-5-6-19-12-7-11(4)16-13(17-12)18-8-14(15,9-18)10(2)3/h7,10H,5-6,8-9,15H2,1-4H3. The molecule has 0 radical (unpaired) electrons. The van der Waals surface area contributed by atoms with E-state index in [0.29, 0.717) is 18.4 Å². The highest BCUT2D eigenvalue weighted by atomic mass is 16.5. The average Bonchev–Trinajstić information content (AvgIpc) is 2.31. The highest BCUT2D eigenvalue weighted by Crippen LogP contribution is 2.29. The smallest absolute Gasteiger partial charge is 0.228 e. The molecule has 0 atom stereocenters. The third-order valence-corrected chi connectivity index (χ3v) is 3.68. The maximum atomic E-state index is 6.30. The van der Waals surface area contributed by atoms with Gasteiger partial charge in [0.05, 0.1) is 12.1 Å². The minimum atomic E-state index is -0.114. The first kappa shape index (κ1) is 14.1. The maximum absolute atomic E-state index is 6.30. The van der Waals surface area contributed by atoms with E-state index in [4.69, 9.17) is 10.5 Å². The molecule has 106 valence electrons. The van der Waals surface area contributed by atoms with Gasteiger partial charge in [-0.2, -0.15) is 4.98 Å². The highest BCUT2D eigenvalue weighted by molar-refractivity contribution is 5.41.